The van der Waals surface area contributed by atoms with E-state index in [1.165, 1.54) is 7.11 Å². The van der Waals surface area contributed by atoms with Crippen molar-refractivity contribution in [2.24, 2.45) is 5.10 Å². The Bertz CT molecular complexity index is 1310. The molecule has 3 amide bonds. The number of hydrogen-bond acceptors (Lipinski definition) is 6. The molecular weight excluding hydrogens is 448 g/mol. The second-order valence-corrected chi connectivity index (χ2v) is 8.18. The van der Waals surface area contributed by atoms with Crippen molar-refractivity contribution in [3.8, 4) is 5.75 Å². The Kier molecular flexibility index (Phi) is 6.96. The highest BCUT2D eigenvalue weighted by atomic mass is 16.5. The predicted octanol–water partition coefficient (Wildman–Crippen LogP) is 3.45. The van der Waals surface area contributed by atoms with Gasteiger partial charge in [-0.1, -0.05) is 29.8 Å². The first-order chi connectivity index (χ1) is 16.9. The lowest BCUT2D eigenvalue weighted by molar-refractivity contribution is 0.0829. The number of para-hydroxylation sites is 1. The summed E-state index contributed by atoms with van der Waals surface area (Å²) in [5.74, 6) is -0.261. The highest BCUT2D eigenvalue weighted by molar-refractivity contribution is 6.07. The molecule has 35 heavy (non-hydrogen) atoms. The van der Waals surface area contributed by atoms with E-state index in [9.17, 15) is 14.4 Å². The Labute approximate surface area is 202 Å². The van der Waals surface area contributed by atoms with Crippen LogP contribution in [0.15, 0.2) is 58.0 Å². The Morgan fingerprint density at radius 1 is 0.914 bits per heavy atom. The van der Waals surface area contributed by atoms with Crippen LogP contribution in [0.25, 0.3) is 0 Å². The number of rotatable bonds is 5. The van der Waals surface area contributed by atoms with Crippen molar-refractivity contribution >= 4 is 23.4 Å². The zero-order valence-corrected chi connectivity index (χ0v) is 19.7. The molecule has 0 spiro atoms. The first-order valence-corrected chi connectivity index (χ1v) is 11.2. The largest absolute Gasteiger partial charge is 0.496 e. The number of amides is 3. The minimum atomic E-state index is -0.574. The van der Waals surface area contributed by atoms with E-state index in [-0.39, 0.29) is 5.76 Å². The number of carbonyl (C=O) groups is 3. The minimum absolute atomic E-state index is 0.0878. The molecule has 0 radical (unpaired) electrons. The molecule has 1 aromatic heterocycles. The Balaban J connectivity index is 1.48. The van der Waals surface area contributed by atoms with Crippen molar-refractivity contribution in [2.75, 3.05) is 7.11 Å². The summed E-state index contributed by atoms with van der Waals surface area (Å²) in [6.45, 7) is 3.67. The van der Waals surface area contributed by atoms with Crippen molar-refractivity contribution in [3.05, 3.63) is 87.9 Å². The molecule has 1 aliphatic carbocycles. The van der Waals surface area contributed by atoms with Crippen LogP contribution in [0.1, 0.15) is 66.6 Å². The molecule has 9 heteroatoms. The molecule has 2 aromatic carbocycles. The fourth-order valence-electron chi connectivity index (χ4n) is 3.95. The van der Waals surface area contributed by atoms with Crippen LogP contribution in [0.3, 0.4) is 0 Å². The number of fused-ring (bicyclic) bond motifs is 1. The summed E-state index contributed by atoms with van der Waals surface area (Å²) in [7, 11) is 1.50. The first-order valence-electron chi connectivity index (χ1n) is 11.2. The lowest BCUT2D eigenvalue weighted by Gasteiger charge is -2.14. The van der Waals surface area contributed by atoms with Crippen molar-refractivity contribution in [1.82, 2.24) is 16.3 Å². The topological polar surface area (TPSA) is 122 Å². The summed E-state index contributed by atoms with van der Waals surface area (Å²) in [5, 5.41) is 4.33. The van der Waals surface area contributed by atoms with E-state index in [0.717, 1.165) is 12.0 Å². The number of ether oxygens (including phenoxy) is 1. The van der Waals surface area contributed by atoms with E-state index in [1.54, 1.807) is 43.3 Å². The number of carbonyl (C=O) groups excluding carboxylic acids is 3. The molecule has 0 bridgehead atoms. The molecule has 3 aromatic rings. The summed E-state index contributed by atoms with van der Waals surface area (Å²) in [5.41, 5.74) is 11.1. The molecule has 0 aliphatic heterocycles. The lowest BCUT2D eigenvalue weighted by Crippen LogP contribution is -2.41. The summed E-state index contributed by atoms with van der Waals surface area (Å²) >= 11 is 0. The maximum atomic E-state index is 12.8. The van der Waals surface area contributed by atoms with E-state index in [2.05, 4.69) is 21.4 Å². The summed E-state index contributed by atoms with van der Waals surface area (Å²) in [4.78, 5) is 37.7. The van der Waals surface area contributed by atoms with E-state index in [0.29, 0.717) is 52.3 Å². The molecule has 0 unspecified atom stereocenters. The maximum absolute atomic E-state index is 12.8. The standard InChI is InChI=1S/C26H26N4O5/c1-15-11-13-17(14-12-15)24(31)28-30-26(33)23-16(2)22-19(8-6-10-21(22)35-23)27-29-25(32)18-7-4-5-9-20(18)34-3/h4-5,7,9,11-14H,6,8,10H2,1-3H3,(H,28,31)(H,29,32)(H,30,33)/b27-19+. The number of benzene rings is 2. The third-order valence-corrected chi connectivity index (χ3v) is 5.78. The quantitative estimate of drug-likeness (QED) is 0.489. The SMILES string of the molecule is COc1ccccc1C(=O)N/N=C1\CCCc2oc(C(=O)NNC(=O)c3ccc(C)cc3)c(C)c21. The fraction of sp³-hybridized carbons (Fsp3) is 0.231. The second-order valence-electron chi connectivity index (χ2n) is 8.18. The van der Waals surface area contributed by atoms with Gasteiger partial charge in [0.2, 0.25) is 0 Å². The molecule has 4 rings (SSSR count). The van der Waals surface area contributed by atoms with E-state index >= 15 is 0 Å². The number of aryl methyl sites for hydroxylation is 2. The van der Waals surface area contributed by atoms with Crippen LogP contribution in [0.4, 0.5) is 0 Å². The molecule has 1 heterocycles. The summed E-state index contributed by atoms with van der Waals surface area (Å²) in [6, 6.07) is 13.8. The number of hydrazine groups is 1. The molecule has 0 saturated heterocycles. The molecular formula is C26H26N4O5. The summed E-state index contributed by atoms with van der Waals surface area (Å²) < 4.78 is 11.1. The molecule has 0 atom stereocenters. The van der Waals surface area contributed by atoms with Gasteiger partial charge in [-0.3, -0.25) is 25.2 Å². The third kappa shape index (κ3) is 5.08. The van der Waals surface area contributed by atoms with Gasteiger partial charge in [0.25, 0.3) is 11.8 Å². The Hall–Kier alpha value is -4.40. The van der Waals surface area contributed by atoms with Crippen LogP contribution >= 0.6 is 0 Å². The van der Waals surface area contributed by atoms with Crippen molar-refractivity contribution in [1.29, 1.82) is 0 Å². The van der Waals surface area contributed by atoms with Crippen molar-refractivity contribution < 1.29 is 23.5 Å². The number of methoxy groups -OCH3 is 1. The Morgan fingerprint density at radius 3 is 2.37 bits per heavy atom. The van der Waals surface area contributed by atoms with Gasteiger partial charge >= 0.3 is 5.91 Å². The van der Waals surface area contributed by atoms with Gasteiger partial charge in [-0.15, -0.1) is 0 Å². The molecule has 0 saturated carbocycles. The zero-order valence-electron chi connectivity index (χ0n) is 19.7. The van der Waals surface area contributed by atoms with Crippen LogP contribution in [-0.2, 0) is 6.42 Å². The number of hydrazone groups is 1. The highest BCUT2D eigenvalue weighted by Crippen LogP contribution is 2.30. The van der Waals surface area contributed by atoms with Crippen LogP contribution in [0, 0.1) is 13.8 Å². The van der Waals surface area contributed by atoms with Crippen LogP contribution in [0.2, 0.25) is 0 Å². The highest BCUT2D eigenvalue weighted by Gasteiger charge is 2.28. The van der Waals surface area contributed by atoms with Gasteiger partial charge in [0, 0.05) is 23.1 Å². The van der Waals surface area contributed by atoms with Gasteiger partial charge in [0.1, 0.15) is 11.5 Å². The van der Waals surface area contributed by atoms with Gasteiger partial charge < -0.3 is 9.15 Å². The van der Waals surface area contributed by atoms with E-state index in [4.69, 9.17) is 9.15 Å². The molecule has 3 N–H and O–H groups in total. The maximum Gasteiger partial charge on any atom is 0.305 e. The second kappa shape index (κ2) is 10.3. The molecule has 1 aliphatic rings. The number of hydrogen-bond donors (Lipinski definition) is 3. The number of nitrogens with one attached hydrogen (secondary N) is 3. The molecule has 0 fully saturated rings. The van der Waals surface area contributed by atoms with Gasteiger partial charge in [0.15, 0.2) is 5.76 Å². The van der Waals surface area contributed by atoms with E-state index in [1.807, 2.05) is 19.1 Å². The van der Waals surface area contributed by atoms with Crippen molar-refractivity contribution in [2.45, 2.75) is 33.1 Å². The van der Waals surface area contributed by atoms with Crippen LogP contribution in [-0.4, -0.2) is 30.5 Å². The van der Waals surface area contributed by atoms with Crippen LogP contribution in [0.5, 0.6) is 5.75 Å². The normalized spacial score (nSPS) is 13.6. The van der Waals surface area contributed by atoms with Gasteiger partial charge in [0.05, 0.1) is 18.4 Å². The van der Waals surface area contributed by atoms with E-state index < -0.39 is 17.7 Å². The van der Waals surface area contributed by atoms with Gasteiger partial charge in [-0.25, -0.2) is 5.43 Å². The zero-order chi connectivity index (χ0) is 24.9. The number of furan rings is 1. The monoisotopic (exact) mass is 474 g/mol. The predicted molar refractivity (Wildman–Crippen MR) is 129 cm³/mol. The Morgan fingerprint density at radius 2 is 1.63 bits per heavy atom. The average molecular weight is 475 g/mol. The summed E-state index contributed by atoms with van der Waals surface area (Å²) in [6.07, 6.45) is 2.01. The minimum Gasteiger partial charge on any atom is -0.496 e. The number of nitrogens with zero attached hydrogens (tertiary/aromatic N) is 1. The molecule has 9 nitrogen and oxygen atoms in total. The van der Waals surface area contributed by atoms with Crippen LogP contribution < -0.4 is 21.0 Å². The lowest BCUT2D eigenvalue weighted by atomic mass is 9.93. The first kappa shape index (κ1) is 23.7. The molecule has 180 valence electrons. The van der Waals surface area contributed by atoms with Gasteiger partial charge in [-0.05, 0) is 51.0 Å². The smallest absolute Gasteiger partial charge is 0.305 e. The van der Waals surface area contributed by atoms with Gasteiger partial charge in [-0.2, -0.15) is 5.10 Å². The average Bonchev–Trinajstić information content (AvgIpc) is 3.23. The fourth-order valence-corrected chi connectivity index (χ4v) is 3.95. The van der Waals surface area contributed by atoms with Crippen molar-refractivity contribution in [3.63, 3.8) is 0 Å². The third-order valence-electron chi connectivity index (χ3n) is 5.78.